The molecule has 0 heterocycles. The standard InChI is InChI=1S/2C52H36/c1-52(2)46-29-28-35(31-45(46)51-36-14-4-3-13-32(36)27-30-47(51)52)50-43-21-11-9-19-41(43)49(42-20-10-12-22-44(42)50)34-25-23-33(24-26-34)48-39-17-7-5-15-37(39)38-16-6-8-18-40(38)48;1-52(2)47-29-26-35(31-46(47)44-28-24-32-14-6-7-17-36(32)51(44)52)50-41-22-12-10-20-39(41)49(40-21-11-13-23-42(40)50)34-25-27-43-45(30-34)37-18-8-9-19-38(37)48(43)33-15-4-3-5-16-33/h2*3-31,48H,1-2H3. The van der Waals surface area contributed by atoms with Crippen molar-refractivity contribution in [2.45, 2.75) is 50.4 Å². The van der Waals surface area contributed by atoms with Crippen molar-refractivity contribution in [3.05, 3.63) is 407 Å². The van der Waals surface area contributed by atoms with Crippen molar-refractivity contribution in [2.75, 3.05) is 0 Å². The van der Waals surface area contributed by atoms with Crippen molar-refractivity contribution >= 4 is 64.6 Å². The predicted molar refractivity (Wildman–Crippen MR) is 440 cm³/mol. The maximum atomic E-state index is 2.48. The van der Waals surface area contributed by atoms with E-state index in [9.17, 15) is 0 Å². The Morgan fingerprint density at radius 2 is 0.529 bits per heavy atom. The zero-order valence-electron chi connectivity index (χ0n) is 58.6. The SMILES string of the molecule is CC1(C)c2ccc(-c3c4ccccc4c(-c4ccc(C5c6ccccc6-c6ccccc65)cc4)c4ccccc34)cc2-c2c1ccc1ccccc21.CC1(C)c2ccc(-c3c4ccccc4c(-c4ccc5c(c4)-c4ccccc4C5c4ccccc4)c4ccccc34)cc2-c2ccc3ccccc3c21. The third-order valence-corrected chi connectivity index (χ3v) is 24.3. The van der Waals surface area contributed by atoms with E-state index < -0.39 is 0 Å². The van der Waals surface area contributed by atoms with Crippen molar-refractivity contribution in [3.63, 3.8) is 0 Å². The smallest absolute Gasteiger partial charge is 0.0352 e. The normalized spacial score (nSPS) is 14.6. The van der Waals surface area contributed by atoms with E-state index in [0.717, 1.165) is 0 Å². The van der Waals surface area contributed by atoms with Crippen molar-refractivity contribution in [3.8, 4) is 89.0 Å². The first-order valence-corrected chi connectivity index (χ1v) is 36.9. The van der Waals surface area contributed by atoms with Crippen LogP contribution >= 0.6 is 0 Å². The molecule has 0 fully saturated rings. The van der Waals surface area contributed by atoms with Crippen LogP contribution in [0.15, 0.2) is 352 Å². The Labute approximate surface area is 607 Å². The van der Waals surface area contributed by atoms with E-state index >= 15 is 0 Å². The van der Waals surface area contributed by atoms with Crippen LogP contribution in [0, 0.1) is 0 Å². The lowest BCUT2D eigenvalue weighted by Gasteiger charge is -2.23. The fourth-order valence-electron chi connectivity index (χ4n) is 19.7. The quantitative estimate of drug-likeness (QED) is 0.146. The molecule has 0 aromatic heterocycles. The molecular weight excluding hydrogens is 1250 g/mol. The van der Waals surface area contributed by atoms with Gasteiger partial charge in [-0.1, -0.05) is 361 Å². The summed E-state index contributed by atoms with van der Waals surface area (Å²) in [6.07, 6.45) is 0. The summed E-state index contributed by atoms with van der Waals surface area (Å²) in [5, 5.41) is 15.6. The molecule has 0 aliphatic heterocycles. The van der Waals surface area contributed by atoms with Crippen molar-refractivity contribution in [2.24, 2.45) is 0 Å². The lowest BCUT2D eigenvalue weighted by Crippen LogP contribution is -2.15. The molecule has 4 aliphatic rings. The van der Waals surface area contributed by atoms with E-state index in [0.29, 0.717) is 0 Å². The molecule has 0 spiro atoms. The molecule has 0 heteroatoms. The minimum atomic E-state index is -0.0796. The van der Waals surface area contributed by atoms with Gasteiger partial charge in [0.2, 0.25) is 0 Å². The summed E-state index contributed by atoms with van der Waals surface area (Å²) in [4.78, 5) is 0. The molecule has 0 bridgehead atoms. The second kappa shape index (κ2) is 23.0. The zero-order valence-corrected chi connectivity index (χ0v) is 58.6. The highest BCUT2D eigenvalue weighted by atomic mass is 14.4. The van der Waals surface area contributed by atoms with Crippen LogP contribution < -0.4 is 0 Å². The Morgan fingerprint density at radius 1 is 0.192 bits per heavy atom. The van der Waals surface area contributed by atoms with Gasteiger partial charge in [0.25, 0.3) is 0 Å². The van der Waals surface area contributed by atoms with Gasteiger partial charge in [0.05, 0.1) is 0 Å². The fraction of sp³-hybridized carbons (Fsp3) is 0.0769. The van der Waals surface area contributed by atoms with Crippen LogP contribution in [0.25, 0.3) is 154 Å². The molecule has 18 aromatic rings. The first kappa shape index (κ1) is 60.3. The van der Waals surface area contributed by atoms with E-state index in [-0.39, 0.29) is 22.7 Å². The third-order valence-electron chi connectivity index (χ3n) is 24.3. The molecular formula is C104H72. The first-order chi connectivity index (χ1) is 51.2. The summed E-state index contributed by atoms with van der Waals surface area (Å²) in [7, 11) is 0. The Hall–Kier alpha value is -12.5. The van der Waals surface area contributed by atoms with Gasteiger partial charge < -0.3 is 0 Å². The molecule has 0 amide bonds. The lowest BCUT2D eigenvalue weighted by molar-refractivity contribution is 0.661. The molecule has 1 unspecified atom stereocenters. The van der Waals surface area contributed by atoms with Gasteiger partial charge in [-0.2, -0.15) is 0 Å². The highest BCUT2D eigenvalue weighted by Gasteiger charge is 2.40. The summed E-state index contributed by atoms with van der Waals surface area (Å²) in [5.41, 5.74) is 34.9. The van der Waals surface area contributed by atoms with Crippen LogP contribution in [0.3, 0.4) is 0 Å². The van der Waals surface area contributed by atoms with Gasteiger partial charge in [0.1, 0.15) is 0 Å². The minimum absolute atomic E-state index is 0.0595. The summed E-state index contributed by atoms with van der Waals surface area (Å²) in [5.74, 6) is 0.481. The highest BCUT2D eigenvalue weighted by molar-refractivity contribution is 6.23. The molecule has 0 radical (unpaired) electrons. The summed E-state index contributed by atoms with van der Waals surface area (Å²) in [6.45, 7) is 9.53. The largest absolute Gasteiger partial charge is 0.0622 e. The Bertz CT molecular complexity index is 6490. The third kappa shape index (κ3) is 8.85. The second-order valence-electron chi connectivity index (χ2n) is 30.3. The van der Waals surface area contributed by atoms with Crippen LogP contribution in [0.5, 0.6) is 0 Å². The van der Waals surface area contributed by atoms with Gasteiger partial charge in [-0.3, -0.25) is 0 Å². The molecule has 18 aromatic carbocycles. The number of hydrogen-bond donors (Lipinski definition) is 0. The zero-order chi connectivity index (χ0) is 69.1. The van der Waals surface area contributed by atoms with E-state index in [2.05, 4.69) is 380 Å². The molecule has 0 saturated heterocycles. The molecule has 488 valence electrons. The topological polar surface area (TPSA) is 0 Å². The predicted octanol–water partition coefficient (Wildman–Crippen LogP) is 27.9. The summed E-state index contributed by atoms with van der Waals surface area (Å²) >= 11 is 0. The van der Waals surface area contributed by atoms with Gasteiger partial charge in [0.15, 0.2) is 0 Å². The van der Waals surface area contributed by atoms with Crippen molar-refractivity contribution in [1.29, 1.82) is 0 Å². The molecule has 4 aliphatic carbocycles. The van der Waals surface area contributed by atoms with Crippen molar-refractivity contribution < 1.29 is 0 Å². The fourth-order valence-corrected chi connectivity index (χ4v) is 19.7. The Kier molecular flexibility index (Phi) is 13.3. The molecule has 104 heavy (non-hydrogen) atoms. The Morgan fingerprint density at radius 3 is 1.04 bits per heavy atom. The minimum Gasteiger partial charge on any atom is -0.0622 e. The van der Waals surface area contributed by atoms with Gasteiger partial charge >= 0.3 is 0 Å². The molecule has 0 N–H and O–H groups in total. The van der Waals surface area contributed by atoms with E-state index in [1.165, 1.54) is 209 Å². The first-order valence-electron chi connectivity index (χ1n) is 36.9. The molecule has 1 atom stereocenters. The average Bonchev–Trinajstić information content (AvgIpc) is 1.63. The summed E-state index contributed by atoms with van der Waals surface area (Å²) < 4.78 is 0. The highest BCUT2D eigenvalue weighted by Crippen LogP contribution is 2.58. The van der Waals surface area contributed by atoms with Crippen LogP contribution in [0.1, 0.15) is 95.2 Å². The van der Waals surface area contributed by atoms with Crippen LogP contribution in [-0.4, -0.2) is 0 Å². The molecule has 22 rings (SSSR count). The van der Waals surface area contributed by atoms with Gasteiger partial charge in [-0.05, 0) is 227 Å². The summed E-state index contributed by atoms with van der Waals surface area (Å²) in [6, 6.07) is 132. The van der Waals surface area contributed by atoms with Crippen molar-refractivity contribution in [1.82, 2.24) is 0 Å². The monoisotopic (exact) mass is 1320 g/mol. The number of rotatable bonds is 6. The van der Waals surface area contributed by atoms with Crippen LogP contribution in [0.2, 0.25) is 0 Å². The van der Waals surface area contributed by atoms with E-state index in [1.807, 2.05) is 0 Å². The van der Waals surface area contributed by atoms with Gasteiger partial charge in [-0.15, -0.1) is 0 Å². The van der Waals surface area contributed by atoms with Crippen LogP contribution in [0.4, 0.5) is 0 Å². The Balaban J connectivity index is 0.000000134. The second-order valence-corrected chi connectivity index (χ2v) is 30.3. The van der Waals surface area contributed by atoms with E-state index in [4.69, 9.17) is 0 Å². The maximum absolute atomic E-state index is 2.48. The van der Waals surface area contributed by atoms with E-state index in [1.54, 1.807) is 0 Å². The van der Waals surface area contributed by atoms with Gasteiger partial charge in [0, 0.05) is 22.7 Å². The lowest BCUT2D eigenvalue weighted by atomic mass is 9.79. The maximum Gasteiger partial charge on any atom is 0.0352 e. The van der Waals surface area contributed by atoms with Crippen LogP contribution in [-0.2, 0) is 10.8 Å². The number of benzene rings is 18. The number of fused-ring (bicyclic) bond motifs is 20. The number of hydrogen-bond acceptors (Lipinski definition) is 0. The van der Waals surface area contributed by atoms with Gasteiger partial charge in [-0.25, -0.2) is 0 Å². The molecule has 0 saturated carbocycles. The average molecular weight is 1320 g/mol. The molecule has 0 nitrogen and oxygen atoms in total.